The van der Waals surface area contributed by atoms with Crippen LogP contribution in [-0.2, 0) is 39.8 Å². The van der Waals surface area contributed by atoms with Crippen LogP contribution in [0.3, 0.4) is 0 Å². The number of fused-ring (bicyclic) bond motifs is 3. The van der Waals surface area contributed by atoms with Gasteiger partial charge >= 0.3 is 24.0 Å². The van der Waals surface area contributed by atoms with E-state index in [-0.39, 0.29) is 38.7 Å². The molecular formula is C24H27F2N3O8S. The molecule has 2 N–H and O–H groups in total. The Kier molecular flexibility index (Phi) is 8.25. The van der Waals surface area contributed by atoms with Crippen molar-refractivity contribution < 1.29 is 46.8 Å². The van der Waals surface area contributed by atoms with Gasteiger partial charge in [0.15, 0.2) is 6.04 Å². The number of thiocarbonyl (C=S) groups is 1. The second-order valence-corrected chi connectivity index (χ2v) is 9.47. The molecule has 2 atom stereocenters. The normalized spacial score (nSPS) is 24.2. The monoisotopic (exact) mass is 555 g/mol. The Morgan fingerprint density at radius 1 is 1.18 bits per heavy atom. The smallest absolute Gasteiger partial charge is 0.408 e. The molecule has 0 spiro atoms. The van der Waals surface area contributed by atoms with Gasteiger partial charge in [-0.15, -0.1) is 0 Å². The number of carbonyl (C=O) groups is 2. The van der Waals surface area contributed by atoms with Crippen molar-refractivity contribution in [2.24, 2.45) is 5.41 Å². The maximum absolute atomic E-state index is 15.7. The fourth-order valence-corrected chi connectivity index (χ4v) is 4.04. The predicted octanol–water partition coefficient (Wildman–Crippen LogP) is 2.70. The Morgan fingerprint density at radius 3 is 2.42 bits per heavy atom. The molecule has 2 aromatic rings. The number of H-pyrrole nitrogens is 1. The Balaban J connectivity index is 1.67. The lowest BCUT2D eigenvalue weighted by molar-refractivity contribution is -0.479. The summed E-state index contributed by atoms with van der Waals surface area (Å²) in [6, 6.07) is 6.75. The molecule has 0 aliphatic carbocycles. The number of carbonyl (C=O) groups excluding carboxylic acids is 2. The summed E-state index contributed by atoms with van der Waals surface area (Å²) >= 11 is 5.17. The highest BCUT2D eigenvalue weighted by molar-refractivity contribution is 7.80. The summed E-state index contributed by atoms with van der Waals surface area (Å²) in [5.74, 6) is -8.51. The zero-order chi connectivity index (χ0) is 27.4. The van der Waals surface area contributed by atoms with E-state index in [9.17, 15) is 9.59 Å². The van der Waals surface area contributed by atoms with Gasteiger partial charge in [0.2, 0.25) is 11.2 Å². The SMILES string of the molecule is CCOC(=O)C(F)(F)[C@H](OC(=S)c1cnc[nH]1)[C@@H](NC(=O)OCc1ccccc1)C12OCC(C)(CO1)CO2. The number of hydrogen-bond acceptors (Lipinski definition) is 10. The van der Waals surface area contributed by atoms with E-state index in [1.165, 1.54) is 19.4 Å². The van der Waals surface area contributed by atoms with Crippen molar-refractivity contribution in [3.63, 3.8) is 0 Å². The van der Waals surface area contributed by atoms with E-state index < -0.39 is 46.6 Å². The maximum atomic E-state index is 15.7. The van der Waals surface area contributed by atoms with E-state index in [2.05, 4.69) is 20.0 Å². The highest BCUT2D eigenvalue weighted by Crippen LogP contribution is 2.43. The third-order valence-electron chi connectivity index (χ3n) is 5.89. The highest BCUT2D eigenvalue weighted by Gasteiger charge is 2.65. The molecule has 2 bridgehead atoms. The molecule has 0 radical (unpaired) electrons. The molecule has 3 fully saturated rings. The number of imidazole rings is 1. The van der Waals surface area contributed by atoms with Gasteiger partial charge < -0.3 is 38.7 Å². The topological polar surface area (TPSA) is 130 Å². The number of nitrogens with one attached hydrogen (secondary N) is 2. The Bertz CT molecular complexity index is 1110. The number of hydrogen-bond donors (Lipinski definition) is 2. The first-order valence-corrected chi connectivity index (χ1v) is 12.1. The number of nitrogens with zero attached hydrogens (tertiary/aromatic N) is 1. The first-order chi connectivity index (χ1) is 18.1. The Hall–Kier alpha value is -3.20. The third-order valence-corrected chi connectivity index (χ3v) is 6.21. The molecule has 0 saturated carbocycles. The second-order valence-electron chi connectivity index (χ2n) is 9.10. The molecule has 11 nitrogen and oxygen atoms in total. The first-order valence-electron chi connectivity index (χ1n) is 11.7. The first kappa shape index (κ1) is 27.8. The summed E-state index contributed by atoms with van der Waals surface area (Å²) in [6.45, 7) is 2.87. The lowest BCUT2D eigenvalue weighted by atomic mass is 9.90. The van der Waals surface area contributed by atoms with Crippen molar-refractivity contribution in [3.8, 4) is 0 Å². The van der Waals surface area contributed by atoms with Crippen LogP contribution < -0.4 is 5.32 Å². The minimum Gasteiger partial charge on any atom is -0.469 e. The molecule has 1 amide bonds. The van der Waals surface area contributed by atoms with Crippen LogP contribution in [0, 0.1) is 5.41 Å². The lowest BCUT2D eigenvalue weighted by Crippen LogP contribution is -2.73. The van der Waals surface area contributed by atoms with Gasteiger partial charge in [-0.3, -0.25) is 0 Å². The van der Waals surface area contributed by atoms with Crippen LogP contribution in [0.25, 0.3) is 0 Å². The van der Waals surface area contributed by atoms with E-state index in [0.717, 1.165) is 0 Å². The van der Waals surface area contributed by atoms with Crippen molar-refractivity contribution >= 4 is 29.3 Å². The van der Waals surface area contributed by atoms with Gasteiger partial charge in [0.1, 0.15) is 12.3 Å². The summed E-state index contributed by atoms with van der Waals surface area (Å²) in [5.41, 5.74) is 0.193. The number of aromatic amines is 1. The molecule has 0 unspecified atom stereocenters. The summed E-state index contributed by atoms with van der Waals surface area (Å²) in [6.07, 6.45) is -1.13. The van der Waals surface area contributed by atoms with Crippen molar-refractivity contribution in [2.45, 2.75) is 44.5 Å². The number of esters is 1. The van der Waals surface area contributed by atoms with Crippen LogP contribution >= 0.6 is 12.2 Å². The van der Waals surface area contributed by atoms with E-state index in [1.54, 1.807) is 30.3 Å². The molecule has 14 heteroatoms. The lowest BCUT2D eigenvalue weighted by Gasteiger charge is -2.54. The van der Waals surface area contributed by atoms with Crippen LogP contribution in [-0.4, -0.2) is 77.6 Å². The summed E-state index contributed by atoms with van der Waals surface area (Å²) in [4.78, 5) is 31.7. The number of alkyl carbamates (subject to hydrolysis) is 1. The summed E-state index contributed by atoms with van der Waals surface area (Å²) in [5, 5.41) is 1.84. The molecule has 3 aliphatic heterocycles. The van der Waals surface area contributed by atoms with E-state index >= 15 is 8.78 Å². The largest absolute Gasteiger partial charge is 0.469 e. The second kappa shape index (κ2) is 11.3. The molecule has 1 aromatic heterocycles. The Labute approximate surface area is 222 Å². The van der Waals surface area contributed by atoms with Gasteiger partial charge in [0.25, 0.3) is 0 Å². The zero-order valence-electron chi connectivity index (χ0n) is 20.6. The number of rotatable bonds is 10. The minimum absolute atomic E-state index is 0.0624. The number of ether oxygens (including phenoxy) is 6. The summed E-state index contributed by atoms with van der Waals surface area (Å²) in [7, 11) is 0. The number of amides is 1. The van der Waals surface area contributed by atoms with Gasteiger partial charge in [-0.2, -0.15) is 8.78 Å². The van der Waals surface area contributed by atoms with Gasteiger partial charge in [-0.25, -0.2) is 14.6 Å². The van der Waals surface area contributed by atoms with Crippen molar-refractivity contribution in [2.75, 3.05) is 26.4 Å². The molecule has 5 rings (SSSR count). The number of aromatic nitrogens is 2. The third kappa shape index (κ3) is 5.93. The van der Waals surface area contributed by atoms with Crippen LogP contribution in [0.2, 0.25) is 0 Å². The van der Waals surface area contributed by atoms with Crippen LogP contribution in [0.5, 0.6) is 0 Å². The van der Waals surface area contributed by atoms with Crippen molar-refractivity contribution in [1.82, 2.24) is 15.3 Å². The molecular weight excluding hydrogens is 528 g/mol. The van der Waals surface area contributed by atoms with Crippen LogP contribution in [0.1, 0.15) is 25.1 Å². The average Bonchev–Trinajstić information content (AvgIpc) is 3.46. The number of alkyl halides is 2. The van der Waals surface area contributed by atoms with Gasteiger partial charge in [-0.1, -0.05) is 37.3 Å². The van der Waals surface area contributed by atoms with Crippen LogP contribution in [0.4, 0.5) is 13.6 Å². The molecule has 3 aliphatic rings. The molecule has 3 saturated heterocycles. The molecule has 206 valence electrons. The maximum Gasteiger partial charge on any atom is 0.408 e. The molecule has 4 heterocycles. The van der Waals surface area contributed by atoms with Crippen molar-refractivity contribution in [1.29, 1.82) is 0 Å². The highest BCUT2D eigenvalue weighted by atomic mass is 32.1. The number of benzene rings is 1. The van der Waals surface area contributed by atoms with Gasteiger partial charge in [0.05, 0.1) is 39.0 Å². The van der Waals surface area contributed by atoms with Gasteiger partial charge in [0, 0.05) is 5.41 Å². The minimum atomic E-state index is -4.36. The quantitative estimate of drug-likeness (QED) is 0.333. The van der Waals surface area contributed by atoms with Crippen LogP contribution in [0.15, 0.2) is 42.9 Å². The predicted molar refractivity (Wildman–Crippen MR) is 129 cm³/mol. The molecule has 38 heavy (non-hydrogen) atoms. The standard InChI is InChI=1S/C24H27F2N3O8S/c1-3-32-20(30)23(25,26)18(37-19(38)16-9-27-14-28-16)17(24-34-11-22(2,12-35-24)13-36-24)29-21(31)33-10-15-7-5-4-6-8-15/h4-9,14,17-18H,3,10-13H2,1-2H3,(H,27,28)(H,29,31)/t17-,18-,22?,24?/m1/s1. The fraction of sp³-hybridized carbons (Fsp3) is 0.500. The fourth-order valence-electron chi connectivity index (χ4n) is 3.83. The van der Waals surface area contributed by atoms with E-state index in [1.807, 2.05) is 6.92 Å². The Morgan fingerprint density at radius 2 is 1.84 bits per heavy atom. The molecule has 1 aromatic carbocycles. The summed E-state index contributed by atoms with van der Waals surface area (Å²) < 4.78 is 64.0. The van der Waals surface area contributed by atoms with E-state index in [4.69, 9.17) is 35.9 Å². The average molecular weight is 556 g/mol. The van der Waals surface area contributed by atoms with Gasteiger partial charge in [-0.05, 0) is 24.7 Å². The zero-order valence-corrected chi connectivity index (χ0v) is 21.4. The van der Waals surface area contributed by atoms with Crippen molar-refractivity contribution in [3.05, 3.63) is 54.1 Å². The number of halogens is 2. The van der Waals surface area contributed by atoms with E-state index in [0.29, 0.717) is 5.56 Å².